The van der Waals surface area contributed by atoms with Crippen LogP contribution in [0.1, 0.15) is 5.56 Å². The lowest BCUT2D eigenvalue weighted by Crippen LogP contribution is -2.07. The number of para-hydroxylation sites is 2. The topological polar surface area (TPSA) is 60.7 Å². The lowest BCUT2D eigenvalue weighted by atomic mass is 10.2. The molecule has 5 aromatic rings. The molecule has 0 bridgehead atoms. The monoisotopic (exact) mass is 418 g/mol. The molecule has 0 atom stereocenters. The van der Waals surface area contributed by atoms with Crippen LogP contribution in [0.15, 0.2) is 60.7 Å². The van der Waals surface area contributed by atoms with Crippen molar-refractivity contribution in [1.82, 2.24) is 14.4 Å². The molecule has 150 valence electrons. The number of halogens is 1. The van der Waals surface area contributed by atoms with Crippen molar-refractivity contribution in [3.8, 4) is 11.5 Å². The molecule has 3 aromatic carbocycles. The Kier molecular flexibility index (Phi) is 4.56. The summed E-state index contributed by atoms with van der Waals surface area (Å²) in [5.74, 6) is 1.97. The Bertz CT molecular complexity index is 1380. The average molecular weight is 419 g/mol. The van der Waals surface area contributed by atoms with Crippen LogP contribution in [0, 0.1) is 0 Å². The molecule has 0 saturated heterocycles. The predicted octanol–water partition coefficient (Wildman–Crippen LogP) is 5.32. The summed E-state index contributed by atoms with van der Waals surface area (Å²) < 4.78 is 13.0. The fourth-order valence-corrected chi connectivity index (χ4v) is 3.75. The molecule has 0 fully saturated rings. The number of fused-ring (bicyclic) bond motifs is 5. The first-order chi connectivity index (χ1) is 14.7. The van der Waals surface area contributed by atoms with Crippen LogP contribution in [-0.4, -0.2) is 28.6 Å². The molecule has 30 heavy (non-hydrogen) atoms. The van der Waals surface area contributed by atoms with Crippen LogP contribution in [0.3, 0.4) is 0 Å². The van der Waals surface area contributed by atoms with E-state index in [0.29, 0.717) is 29.0 Å². The highest BCUT2D eigenvalue weighted by Gasteiger charge is 2.16. The number of methoxy groups -OCH3 is 2. The second-order valence-corrected chi connectivity index (χ2v) is 7.34. The first-order valence-electron chi connectivity index (χ1n) is 9.49. The molecule has 6 nitrogen and oxygen atoms in total. The van der Waals surface area contributed by atoms with Crippen molar-refractivity contribution in [2.75, 3.05) is 19.5 Å². The lowest BCUT2D eigenvalue weighted by Gasteiger charge is -2.13. The molecule has 0 aliphatic heterocycles. The van der Waals surface area contributed by atoms with E-state index in [1.54, 1.807) is 14.2 Å². The van der Waals surface area contributed by atoms with Crippen molar-refractivity contribution in [1.29, 1.82) is 0 Å². The normalized spacial score (nSPS) is 11.3. The Hall–Kier alpha value is -3.51. The zero-order valence-electron chi connectivity index (χ0n) is 16.5. The number of imidazole rings is 1. The highest BCUT2D eigenvalue weighted by atomic mass is 35.5. The van der Waals surface area contributed by atoms with Gasteiger partial charge in [0.25, 0.3) is 0 Å². The Labute approximate surface area is 178 Å². The third-order valence-electron chi connectivity index (χ3n) is 5.11. The van der Waals surface area contributed by atoms with Gasteiger partial charge in [0.2, 0.25) is 5.95 Å². The number of nitrogens with one attached hydrogen (secondary N) is 1. The number of nitrogens with zero attached hydrogens (tertiary/aromatic N) is 3. The molecule has 0 radical (unpaired) electrons. The quantitative estimate of drug-likeness (QED) is 0.418. The van der Waals surface area contributed by atoms with E-state index in [9.17, 15) is 0 Å². The van der Waals surface area contributed by atoms with Crippen molar-refractivity contribution in [2.45, 2.75) is 6.54 Å². The van der Waals surface area contributed by atoms with Crippen LogP contribution in [0.5, 0.6) is 11.5 Å². The standard InChI is InChI=1S/C23H19ClN4O2/c1-29-20-11-16-18(12-21(20)30-2)27-23(25-13-14-7-9-15(24)10-8-14)28-19-6-4-3-5-17(19)26-22(16)28/h3-12H,13H2,1-2H3,(H,25,27). The van der Waals surface area contributed by atoms with Crippen LogP contribution >= 0.6 is 11.6 Å². The Morgan fingerprint density at radius 1 is 0.900 bits per heavy atom. The van der Waals surface area contributed by atoms with Gasteiger partial charge in [0.1, 0.15) is 5.65 Å². The van der Waals surface area contributed by atoms with E-state index in [-0.39, 0.29) is 0 Å². The van der Waals surface area contributed by atoms with E-state index in [2.05, 4.69) is 5.32 Å². The minimum absolute atomic E-state index is 0.602. The van der Waals surface area contributed by atoms with Crippen LogP contribution in [0.4, 0.5) is 5.95 Å². The lowest BCUT2D eigenvalue weighted by molar-refractivity contribution is 0.356. The van der Waals surface area contributed by atoms with Crippen LogP contribution in [-0.2, 0) is 6.54 Å². The first-order valence-corrected chi connectivity index (χ1v) is 9.87. The second kappa shape index (κ2) is 7.39. The van der Waals surface area contributed by atoms with Crippen molar-refractivity contribution < 1.29 is 9.47 Å². The summed E-state index contributed by atoms with van der Waals surface area (Å²) in [4.78, 5) is 9.76. The molecule has 0 aliphatic rings. The Morgan fingerprint density at radius 3 is 2.40 bits per heavy atom. The molecule has 0 saturated carbocycles. The van der Waals surface area contributed by atoms with Gasteiger partial charge in [-0.2, -0.15) is 0 Å². The van der Waals surface area contributed by atoms with Gasteiger partial charge in [-0.25, -0.2) is 9.97 Å². The van der Waals surface area contributed by atoms with Crippen LogP contribution < -0.4 is 14.8 Å². The molecule has 1 N–H and O–H groups in total. The third kappa shape index (κ3) is 3.06. The fourth-order valence-electron chi connectivity index (χ4n) is 3.63. The number of benzene rings is 3. The van der Waals surface area contributed by atoms with E-state index >= 15 is 0 Å². The van der Waals surface area contributed by atoms with Crippen LogP contribution in [0.2, 0.25) is 5.02 Å². The largest absolute Gasteiger partial charge is 0.493 e. The van der Waals surface area contributed by atoms with Gasteiger partial charge in [-0.3, -0.25) is 4.40 Å². The maximum atomic E-state index is 6.01. The smallest absolute Gasteiger partial charge is 0.210 e. The number of rotatable bonds is 5. The zero-order chi connectivity index (χ0) is 20.7. The molecular formula is C23H19ClN4O2. The molecule has 2 aromatic heterocycles. The molecule has 7 heteroatoms. The summed E-state index contributed by atoms with van der Waals surface area (Å²) in [6.45, 7) is 0.602. The molecule has 0 unspecified atom stereocenters. The number of anilines is 1. The van der Waals surface area contributed by atoms with Crippen molar-refractivity contribution in [3.63, 3.8) is 0 Å². The zero-order valence-corrected chi connectivity index (χ0v) is 17.3. The molecule has 0 aliphatic carbocycles. The van der Waals surface area contributed by atoms with Gasteiger partial charge in [-0.15, -0.1) is 0 Å². The molecule has 2 heterocycles. The minimum Gasteiger partial charge on any atom is -0.493 e. The highest BCUT2D eigenvalue weighted by molar-refractivity contribution is 6.30. The van der Waals surface area contributed by atoms with Crippen LogP contribution in [0.25, 0.3) is 27.6 Å². The fraction of sp³-hybridized carbons (Fsp3) is 0.130. The summed E-state index contributed by atoms with van der Waals surface area (Å²) in [6.07, 6.45) is 0. The van der Waals surface area contributed by atoms with E-state index in [4.69, 9.17) is 31.0 Å². The van der Waals surface area contributed by atoms with Gasteiger partial charge in [-0.05, 0) is 35.9 Å². The summed E-state index contributed by atoms with van der Waals surface area (Å²) in [5.41, 5.74) is 4.56. The average Bonchev–Trinajstić information content (AvgIpc) is 3.17. The molecule has 0 amide bonds. The number of hydrogen-bond donors (Lipinski definition) is 1. The second-order valence-electron chi connectivity index (χ2n) is 6.90. The van der Waals surface area contributed by atoms with Crippen molar-refractivity contribution in [3.05, 3.63) is 71.2 Å². The molecule has 5 rings (SSSR count). The van der Waals surface area contributed by atoms with E-state index in [1.165, 1.54) is 0 Å². The van der Waals surface area contributed by atoms with Gasteiger partial charge in [0, 0.05) is 23.0 Å². The van der Waals surface area contributed by atoms with E-state index < -0.39 is 0 Å². The van der Waals surface area contributed by atoms with Gasteiger partial charge in [0.05, 0.1) is 30.8 Å². The van der Waals surface area contributed by atoms with Gasteiger partial charge in [-0.1, -0.05) is 35.9 Å². The number of ether oxygens (including phenoxy) is 2. The molecular weight excluding hydrogens is 400 g/mol. The molecule has 0 spiro atoms. The van der Waals surface area contributed by atoms with Crippen molar-refractivity contribution in [2.24, 2.45) is 0 Å². The van der Waals surface area contributed by atoms with E-state index in [0.717, 1.165) is 33.1 Å². The summed E-state index contributed by atoms with van der Waals surface area (Å²) >= 11 is 6.01. The summed E-state index contributed by atoms with van der Waals surface area (Å²) in [5, 5.41) is 5.06. The summed E-state index contributed by atoms with van der Waals surface area (Å²) in [7, 11) is 3.24. The number of aromatic nitrogens is 3. The maximum absolute atomic E-state index is 6.01. The SMILES string of the molecule is COc1cc2nc(NCc3ccc(Cl)cc3)n3c4ccccc4nc3c2cc1OC. The van der Waals surface area contributed by atoms with Gasteiger partial charge < -0.3 is 14.8 Å². The predicted molar refractivity (Wildman–Crippen MR) is 120 cm³/mol. The number of hydrogen-bond acceptors (Lipinski definition) is 5. The minimum atomic E-state index is 0.602. The Balaban J connectivity index is 1.73. The van der Waals surface area contributed by atoms with E-state index in [1.807, 2.05) is 65.1 Å². The Morgan fingerprint density at radius 2 is 1.63 bits per heavy atom. The van der Waals surface area contributed by atoms with Gasteiger partial charge in [0.15, 0.2) is 11.5 Å². The van der Waals surface area contributed by atoms with Crippen molar-refractivity contribution >= 4 is 45.1 Å². The third-order valence-corrected chi connectivity index (χ3v) is 5.36. The summed E-state index contributed by atoms with van der Waals surface area (Å²) in [6, 6.07) is 19.6. The highest BCUT2D eigenvalue weighted by Crippen LogP contribution is 2.35. The first kappa shape index (κ1) is 18.5. The maximum Gasteiger partial charge on any atom is 0.210 e. The van der Waals surface area contributed by atoms with Gasteiger partial charge >= 0.3 is 0 Å².